The highest BCUT2D eigenvalue weighted by atomic mass is 19.4. The molecule has 1 atom stereocenters. The summed E-state index contributed by atoms with van der Waals surface area (Å²) in [7, 11) is 0. The number of aromatic nitrogens is 2. The van der Waals surface area contributed by atoms with Crippen molar-refractivity contribution in [2.45, 2.75) is 39.4 Å². The van der Waals surface area contributed by atoms with Gasteiger partial charge in [0.1, 0.15) is 0 Å². The van der Waals surface area contributed by atoms with E-state index in [9.17, 15) is 27.9 Å². The molecule has 1 unspecified atom stereocenters. The van der Waals surface area contributed by atoms with E-state index in [2.05, 4.69) is 10.4 Å². The largest absolute Gasteiger partial charge is 0.476 e. The Bertz CT molecular complexity index is 1200. The van der Waals surface area contributed by atoms with Gasteiger partial charge in [0.15, 0.2) is 5.69 Å². The number of hydrogen-bond acceptors (Lipinski definition) is 4. The van der Waals surface area contributed by atoms with Gasteiger partial charge in [-0.15, -0.1) is 0 Å². The van der Waals surface area contributed by atoms with E-state index in [1.807, 2.05) is 26.0 Å². The number of nitrogens with one attached hydrogen (secondary N) is 1. The minimum absolute atomic E-state index is 0.204. The molecule has 0 saturated heterocycles. The highest BCUT2D eigenvalue weighted by Crippen LogP contribution is 2.37. The number of halogens is 3. The summed E-state index contributed by atoms with van der Waals surface area (Å²) in [6, 6.07) is 11.8. The predicted molar refractivity (Wildman–Crippen MR) is 116 cm³/mol. The second kappa shape index (κ2) is 8.97. The van der Waals surface area contributed by atoms with Crippen LogP contribution in [0.4, 0.5) is 18.9 Å². The number of anilines is 1. The number of benzene rings is 2. The van der Waals surface area contributed by atoms with Crippen LogP contribution in [0.25, 0.3) is 5.69 Å². The van der Waals surface area contributed by atoms with Gasteiger partial charge in [0.2, 0.25) is 0 Å². The number of amides is 1. The molecule has 0 aliphatic rings. The zero-order valence-electron chi connectivity index (χ0n) is 18.2. The minimum Gasteiger partial charge on any atom is -0.476 e. The number of aryl methyl sites for hydroxylation is 2. The Hall–Kier alpha value is -3.82. The second-order valence-corrected chi connectivity index (χ2v) is 7.80. The molecule has 0 fully saturated rings. The summed E-state index contributed by atoms with van der Waals surface area (Å²) in [5.74, 6) is -3.76. The molecule has 33 heavy (non-hydrogen) atoms. The number of nitrogens with zero attached hydrogens (tertiary/aromatic N) is 2. The van der Waals surface area contributed by atoms with Crippen LogP contribution < -0.4 is 11.1 Å². The van der Waals surface area contributed by atoms with Crippen LogP contribution in [0.1, 0.15) is 56.1 Å². The van der Waals surface area contributed by atoms with Gasteiger partial charge in [-0.2, -0.15) is 18.3 Å². The van der Waals surface area contributed by atoms with Gasteiger partial charge in [-0.25, -0.2) is 9.48 Å². The molecular formula is C23H23F3N4O3. The van der Waals surface area contributed by atoms with Crippen molar-refractivity contribution in [3.8, 4) is 5.69 Å². The van der Waals surface area contributed by atoms with Gasteiger partial charge in [-0.05, 0) is 50.1 Å². The third kappa shape index (κ3) is 5.00. The Morgan fingerprint density at radius 1 is 1.15 bits per heavy atom. The molecule has 1 heterocycles. The van der Waals surface area contributed by atoms with Gasteiger partial charge < -0.3 is 16.2 Å². The van der Waals surface area contributed by atoms with Crippen molar-refractivity contribution in [2.24, 2.45) is 0 Å². The summed E-state index contributed by atoms with van der Waals surface area (Å²) in [5, 5.41) is 16.2. The molecule has 0 aliphatic heterocycles. The van der Waals surface area contributed by atoms with Crippen LogP contribution in [-0.4, -0.2) is 32.9 Å². The minimum atomic E-state index is -4.62. The van der Waals surface area contributed by atoms with Gasteiger partial charge in [-0.3, -0.25) is 4.79 Å². The molecule has 4 N–H and O–H groups in total. The predicted octanol–water partition coefficient (Wildman–Crippen LogP) is 4.37. The molecule has 10 heteroatoms. The van der Waals surface area contributed by atoms with E-state index in [0.29, 0.717) is 11.1 Å². The topological polar surface area (TPSA) is 110 Å². The molecule has 0 radical (unpaired) electrons. The van der Waals surface area contributed by atoms with Gasteiger partial charge >= 0.3 is 12.1 Å². The van der Waals surface area contributed by atoms with Crippen molar-refractivity contribution < 1.29 is 27.9 Å². The summed E-state index contributed by atoms with van der Waals surface area (Å²) < 4.78 is 40.3. The zero-order valence-corrected chi connectivity index (χ0v) is 18.2. The van der Waals surface area contributed by atoms with Gasteiger partial charge in [0.05, 0.1) is 23.0 Å². The third-order valence-corrected chi connectivity index (χ3v) is 5.33. The highest BCUT2D eigenvalue weighted by Gasteiger charge is 2.41. The summed E-state index contributed by atoms with van der Waals surface area (Å²) >= 11 is 0. The number of hydrogen-bond donors (Lipinski definition) is 3. The Balaban J connectivity index is 1.83. The summed E-state index contributed by atoms with van der Waals surface area (Å²) in [5.41, 5.74) is 7.39. The molecule has 3 aromatic rings. The van der Waals surface area contributed by atoms with Crippen LogP contribution in [0, 0.1) is 13.8 Å². The fraction of sp³-hybridized carbons (Fsp3) is 0.261. The Morgan fingerprint density at radius 3 is 2.36 bits per heavy atom. The molecule has 1 aromatic heterocycles. The smallest absolute Gasteiger partial charge is 0.397 e. The fourth-order valence-corrected chi connectivity index (χ4v) is 3.33. The van der Waals surface area contributed by atoms with E-state index in [4.69, 9.17) is 5.73 Å². The molecule has 3 rings (SSSR count). The van der Waals surface area contributed by atoms with Crippen molar-refractivity contribution in [1.29, 1.82) is 0 Å². The first kappa shape index (κ1) is 23.8. The number of aromatic carboxylic acids is 1. The number of carboxylic acids is 1. The van der Waals surface area contributed by atoms with E-state index < -0.39 is 35.1 Å². The lowest BCUT2D eigenvalue weighted by Crippen LogP contribution is -2.23. The number of carbonyl (C=O) groups excluding carboxylic acids is 1. The van der Waals surface area contributed by atoms with Crippen LogP contribution in [0.5, 0.6) is 0 Å². The van der Waals surface area contributed by atoms with E-state index >= 15 is 0 Å². The first-order valence-corrected chi connectivity index (χ1v) is 10.0. The van der Waals surface area contributed by atoms with E-state index in [0.717, 1.165) is 22.7 Å². The number of carbonyl (C=O) groups is 2. The monoisotopic (exact) mass is 460 g/mol. The van der Waals surface area contributed by atoms with Crippen LogP contribution in [0.15, 0.2) is 42.5 Å². The lowest BCUT2D eigenvalue weighted by molar-refractivity contribution is -0.147. The number of nitrogens with two attached hydrogens (primary N) is 1. The van der Waals surface area contributed by atoms with Gasteiger partial charge in [-0.1, -0.05) is 29.8 Å². The molecule has 0 aliphatic carbocycles. The van der Waals surface area contributed by atoms with Crippen LogP contribution in [-0.2, 0) is 6.54 Å². The first-order chi connectivity index (χ1) is 15.4. The van der Waals surface area contributed by atoms with Crippen LogP contribution >= 0.6 is 0 Å². The molecule has 0 bridgehead atoms. The van der Waals surface area contributed by atoms with E-state index in [1.165, 1.54) is 12.1 Å². The highest BCUT2D eigenvalue weighted by molar-refractivity contribution is 5.95. The molecule has 7 nitrogen and oxygen atoms in total. The SMILES string of the molecule is Cc1ccc(C)c(C(=O)NCc2ccc(-n3nc(C(C)C(F)(F)F)c(N)c3C(=O)O)cc2)c1. The first-order valence-electron chi connectivity index (χ1n) is 10.0. The van der Waals surface area contributed by atoms with Crippen LogP contribution in [0.3, 0.4) is 0 Å². The molecular weight excluding hydrogens is 437 g/mol. The fourth-order valence-electron chi connectivity index (χ4n) is 3.33. The lowest BCUT2D eigenvalue weighted by atomic mass is 10.0. The van der Waals surface area contributed by atoms with E-state index in [-0.39, 0.29) is 18.1 Å². The zero-order chi connectivity index (χ0) is 24.5. The van der Waals surface area contributed by atoms with Crippen molar-refractivity contribution >= 4 is 17.6 Å². The lowest BCUT2D eigenvalue weighted by Gasteiger charge is -2.13. The van der Waals surface area contributed by atoms with Gasteiger partial charge in [0, 0.05) is 12.1 Å². The number of carboxylic acid groups (broad SMARTS) is 1. The Kier molecular flexibility index (Phi) is 6.48. The molecule has 174 valence electrons. The maximum atomic E-state index is 13.1. The average Bonchev–Trinajstić information content (AvgIpc) is 3.10. The maximum absolute atomic E-state index is 13.1. The maximum Gasteiger partial charge on any atom is 0.397 e. The Morgan fingerprint density at radius 2 is 1.79 bits per heavy atom. The third-order valence-electron chi connectivity index (χ3n) is 5.33. The summed E-state index contributed by atoms with van der Waals surface area (Å²) in [6.07, 6.45) is -4.62. The molecule has 1 amide bonds. The van der Waals surface area contributed by atoms with E-state index in [1.54, 1.807) is 18.2 Å². The normalized spacial score (nSPS) is 12.4. The number of nitrogen functional groups attached to an aromatic ring is 1. The van der Waals surface area contributed by atoms with Crippen molar-refractivity contribution in [3.63, 3.8) is 0 Å². The van der Waals surface area contributed by atoms with Crippen molar-refractivity contribution in [2.75, 3.05) is 5.73 Å². The van der Waals surface area contributed by atoms with Crippen molar-refractivity contribution in [1.82, 2.24) is 15.1 Å². The molecule has 0 spiro atoms. The second-order valence-electron chi connectivity index (χ2n) is 7.80. The number of alkyl halides is 3. The van der Waals surface area contributed by atoms with Gasteiger partial charge in [0.25, 0.3) is 5.91 Å². The summed E-state index contributed by atoms with van der Waals surface area (Å²) in [4.78, 5) is 24.2. The summed E-state index contributed by atoms with van der Waals surface area (Å²) in [6.45, 7) is 4.81. The quantitative estimate of drug-likeness (QED) is 0.506. The Labute approximate surface area is 188 Å². The van der Waals surface area contributed by atoms with Crippen LogP contribution in [0.2, 0.25) is 0 Å². The van der Waals surface area contributed by atoms with Crippen molar-refractivity contribution in [3.05, 3.63) is 76.1 Å². The molecule has 2 aromatic carbocycles. The standard InChI is InChI=1S/C23H23F3N4O3/c1-12-4-5-13(2)17(10-12)21(31)28-11-15-6-8-16(9-7-15)30-20(22(32)33)18(27)19(29-30)14(3)23(24,25)26/h4-10,14H,11,27H2,1-3H3,(H,28,31)(H,32,33). The number of rotatable bonds is 6. The molecule has 0 saturated carbocycles. The average molecular weight is 460 g/mol.